The molecule has 1 atom stereocenters. The molecule has 0 aliphatic carbocycles. The van der Waals surface area contributed by atoms with Gasteiger partial charge in [0, 0.05) is 6.54 Å². The van der Waals surface area contributed by atoms with E-state index in [1.54, 1.807) is 5.48 Å². The molecule has 9 heteroatoms. The second-order valence-electron chi connectivity index (χ2n) is 2.54. The summed E-state index contributed by atoms with van der Waals surface area (Å²) in [6.45, 7) is -1.63. The van der Waals surface area contributed by atoms with Gasteiger partial charge in [0.15, 0.2) is 5.92 Å². The third kappa shape index (κ3) is 5.86. The Morgan fingerprint density at radius 3 is 2.33 bits per heavy atom. The van der Waals surface area contributed by atoms with Gasteiger partial charge in [-0.3, -0.25) is 14.4 Å². The fraction of sp³-hybridized carbons (Fsp3) is 0.667. The highest BCUT2D eigenvalue weighted by Crippen LogP contribution is 2.25. The number of hydrogen-bond donors (Lipinski definition) is 3. The van der Waals surface area contributed by atoms with Crippen molar-refractivity contribution in [3.05, 3.63) is 0 Å². The topological polar surface area (TPSA) is 102 Å². The maximum absolute atomic E-state index is 12.0. The lowest BCUT2D eigenvalue weighted by Crippen LogP contribution is -2.39. The first-order chi connectivity index (χ1) is 6.75. The maximum atomic E-state index is 12.0. The van der Waals surface area contributed by atoms with Crippen molar-refractivity contribution < 1.29 is 32.7 Å². The highest BCUT2D eigenvalue weighted by molar-refractivity contribution is 5.75. The predicted octanol–water partition coefficient (Wildman–Crippen LogP) is -0.744. The molecule has 0 aromatic heterocycles. The second kappa shape index (κ2) is 5.51. The Balaban J connectivity index is 3.99. The lowest BCUT2D eigenvalue weighted by Gasteiger charge is -2.15. The largest absolute Gasteiger partial charge is 0.481 e. The first-order valence-corrected chi connectivity index (χ1v) is 3.67. The SMILES string of the molecule is NC(=O)CONCC(C(=O)O)C(F)(F)F. The van der Waals surface area contributed by atoms with E-state index in [4.69, 9.17) is 5.11 Å². The summed E-state index contributed by atoms with van der Waals surface area (Å²) in [4.78, 5) is 24.4. The van der Waals surface area contributed by atoms with Crippen LogP contribution in [0.4, 0.5) is 13.2 Å². The van der Waals surface area contributed by atoms with Crippen LogP contribution >= 0.6 is 0 Å². The van der Waals surface area contributed by atoms with Crippen molar-refractivity contribution in [1.82, 2.24) is 5.48 Å². The van der Waals surface area contributed by atoms with Crippen molar-refractivity contribution in [3.8, 4) is 0 Å². The van der Waals surface area contributed by atoms with E-state index in [2.05, 4.69) is 10.6 Å². The lowest BCUT2D eigenvalue weighted by molar-refractivity contribution is -0.196. The summed E-state index contributed by atoms with van der Waals surface area (Å²) in [5.74, 6) is -5.51. The molecule has 0 heterocycles. The van der Waals surface area contributed by atoms with Crippen molar-refractivity contribution >= 4 is 11.9 Å². The average Bonchev–Trinajstić information content (AvgIpc) is 1.99. The Morgan fingerprint density at radius 2 is 2.00 bits per heavy atom. The van der Waals surface area contributed by atoms with Gasteiger partial charge in [0.1, 0.15) is 6.61 Å². The lowest BCUT2D eigenvalue weighted by atomic mass is 10.1. The highest BCUT2D eigenvalue weighted by atomic mass is 19.4. The molecule has 0 aromatic carbocycles. The number of amides is 1. The monoisotopic (exact) mass is 230 g/mol. The van der Waals surface area contributed by atoms with E-state index in [1.165, 1.54) is 0 Å². The number of hydrogen-bond acceptors (Lipinski definition) is 4. The minimum atomic E-state index is -4.88. The standard InChI is InChI=1S/C6H9F3N2O4/c7-6(8,9)3(5(13)14)1-11-15-2-4(10)12/h3,11H,1-2H2,(H2,10,12)(H,13,14). The van der Waals surface area contributed by atoms with Crippen LogP contribution in [0.5, 0.6) is 0 Å². The first kappa shape index (κ1) is 13.7. The third-order valence-electron chi connectivity index (χ3n) is 1.30. The minimum Gasteiger partial charge on any atom is -0.481 e. The van der Waals surface area contributed by atoms with Gasteiger partial charge in [-0.25, -0.2) is 5.48 Å². The van der Waals surface area contributed by atoms with E-state index in [9.17, 15) is 22.8 Å². The van der Waals surface area contributed by atoms with Crippen LogP contribution in [0.15, 0.2) is 0 Å². The molecular formula is C6H9F3N2O4. The van der Waals surface area contributed by atoms with E-state index in [-0.39, 0.29) is 0 Å². The van der Waals surface area contributed by atoms with Crippen LogP contribution in [-0.4, -0.2) is 36.3 Å². The molecule has 0 bridgehead atoms. The number of primary amides is 1. The van der Waals surface area contributed by atoms with Gasteiger partial charge < -0.3 is 10.8 Å². The predicted molar refractivity (Wildman–Crippen MR) is 40.3 cm³/mol. The van der Waals surface area contributed by atoms with Crippen LogP contribution in [0.2, 0.25) is 0 Å². The Bertz CT molecular complexity index is 243. The molecule has 1 unspecified atom stereocenters. The molecule has 15 heavy (non-hydrogen) atoms. The smallest absolute Gasteiger partial charge is 0.403 e. The molecule has 0 saturated carbocycles. The third-order valence-corrected chi connectivity index (χ3v) is 1.30. The highest BCUT2D eigenvalue weighted by Gasteiger charge is 2.44. The molecule has 88 valence electrons. The molecular weight excluding hydrogens is 221 g/mol. The number of nitrogens with two attached hydrogens (primary N) is 1. The van der Waals surface area contributed by atoms with Crippen LogP contribution in [-0.2, 0) is 14.4 Å². The number of alkyl halides is 3. The van der Waals surface area contributed by atoms with Gasteiger partial charge >= 0.3 is 12.1 Å². The molecule has 0 rings (SSSR count). The number of carbonyl (C=O) groups is 2. The quantitative estimate of drug-likeness (QED) is 0.412. The number of carboxylic acids is 1. The van der Waals surface area contributed by atoms with Crippen molar-refractivity contribution in [2.75, 3.05) is 13.2 Å². The molecule has 0 spiro atoms. The summed E-state index contributed by atoms with van der Waals surface area (Å²) in [6.07, 6.45) is -4.88. The summed E-state index contributed by atoms with van der Waals surface area (Å²) in [7, 11) is 0. The fourth-order valence-corrected chi connectivity index (χ4v) is 0.607. The molecule has 0 saturated heterocycles. The Hall–Kier alpha value is -1.35. The van der Waals surface area contributed by atoms with Crippen LogP contribution < -0.4 is 11.2 Å². The van der Waals surface area contributed by atoms with Crippen molar-refractivity contribution in [2.24, 2.45) is 11.7 Å². The zero-order valence-corrected chi connectivity index (χ0v) is 7.37. The number of halogens is 3. The molecule has 0 aliphatic heterocycles. The van der Waals surface area contributed by atoms with Crippen molar-refractivity contribution in [2.45, 2.75) is 6.18 Å². The van der Waals surface area contributed by atoms with Gasteiger partial charge in [-0.05, 0) is 0 Å². The Kier molecular flexibility index (Phi) is 5.02. The minimum absolute atomic E-state index is 0.635. The summed E-state index contributed by atoms with van der Waals surface area (Å²) in [5.41, 5.74) is 6.32. The summed E-state index contributed by atoms with van der Waals surface area (Å²) >= 11 is 0. The second-order valence-corrected chi connectivity index (χ2v) is 2.54. The van der Waals surface area contributed by atoms with Crippen LogP contribution in [0, 0.1) is 5.92 Å². The van der Waals surface area contributed by atoms with E-state index in [0.717, 1.165) is 0 Å². The fourth-order valence-electron chi connectivity index (χ4n) is 0.607. The van der Waals surface area contributed by atoms with Gasteiger partial charge in [0.2, 0.25) is 5.91 Å². The summed E-state index contributed by atoms with van der Waals surface area (Å²) in [5, 5.41) is 8.21. The zero-order chi connectivity index (χ0) is 12.1. The number of rotatable bonds is 6. The normalized spacial score (nSPS) is 13.5. The van der Waals surface area contributed by atoms with Crippen molar-refractivity contribution in [3.63, 3.8) is 0 Å². The van der Waals surface area contributed by atoms with Gasteiger partial charge in [-0.1, -0.05) is 0 Å². The van der Waals surface area contributed by atoms with Gasteiger partial charge in [0.25, 0.3) is 0 Å². The van der Waals surface area contributed by atoms with E-state index >= 15 is 0 Å². The number of carbonyl (C=O) groups excluding carboxylic acids is 1. The molecule has 0 aliphatic rings. The number of hydroxylamine groups is 1. The summed E-state index contributed by atoms with van der Waals surface area (Å²) in [6, 6.07) is 0. The molecule has 0 radical (unpaired) electrons. The molecule has 1 amide bonds. The van der Waals surface area contributed by atoms with Crippen LogP contribution in [0.1, 0.15) is 0 Å². The van der Waals surface area contributed by atoms with Crippen LogP contribution in [0.25, 0.3) is 0 Å². The Labute approximate surface area is 82.1 Å². The Morgan fingerprint density at radius 1 is 1.47 bits per heavy atom. The number of aliphatic carboxylic acids is 1. The van der Waals surface area contributed by atoms with E-state index < -0.39 is 37.1 Å². The van der Waals surface area contributed by atoms with Gasteiger partial charge in [0.05, 0.1) is 0 Å². The number of nitrogens with one attached hydrogen (secondary N) is 1. The van der Waals surface area contributed by atoms with Crippen molar-refractivity contribution in [1.29, 1.82) is 0 Å². The molecule has 4 N–H and O–H groups in total. The molecule has 0 fully saturated rings. The van der Waals surface area contributed by atoms with Gasteiger partial charge in [-0.15, -0.1) is 0 Å². The summed E-state index contributed by atoms with van der Waals surface area (Å²) < 4.78 is 36.0. The molecule has 6 nitrogen and oxygen atoms in total. The van der Waals surface area contributed by atoms with E-state index in [1.807, 2.05) is 0 Å². The van der Waals surface area contributed by atoms with E-state index in [0.29, 0.717) is 0 Å². The maximum Gasteiger partial charge on any atom is 0.403 e. The number of carboxylic acid groups (broad SMARTS) is 1. The average molecular weight is 230 g/mol. The first-order valence-electron chi connectivity index (χ1n) is 3.67. The zero-order valence-electron chi connectivity index (χ0n) is 7.37. The molecule has 0 aromatic rings. The van der Waals surface area contributed by atoms with Crippen LogP contribution in [0.3, 0.4) is 0 Å². The van der Waals surface area contributed by atoms with Gasteiger partial charge in [-0.2, -0.15) is 13.2 Å².